The van der Waals surface area contributed by atoms with Crippen LogP contribution in [0.5, 0.6) is 0 Å². The second-order valence-electron chi connectivity index (χ2n) is 4.35. The fourth-order valence-electron chi connectivity index (χ4n) is 2.00. The van der Waals surface area contributed by atoms with Gasteiger partial charge in [0.05, 0.1) is 4.92 Å². The molecule has 1 unspecified atom stereocenters. The lowest BCUT2D eigenvalue weighted by molar-refractivity contribution is -0.385. The minimum absolute atomic E-state index is 0.00251. The molecule has 2 N–H and O–H groups in total. The van der Waals surface area contributed by atoms with E-state index < -0.39 is 16.9 Å². The van der Waals surface area contributed by atoms with Gasteiger partial charge in [0.1, 0.15) is 6.04 Å². The largest absolute Gasteiger partial charge is 0.373 e. The maximum atomic E-state index is 11.6. The van der Waals surface area contributed by atoms with Gasteiger partial charge >= 0.3 is 0 Å². The Balaban J connectivity index is 2.20. The van der Waals surface area contributed by atoms with Gasteiger partial charge in [0.15, 0.2) is 0 Å². The Morgan fingerprint density at radius 3 is 2.79 bits per heavy atom. The van der Waals surface area contributed by atoms with Gasteiger partial charge in [0.2, 0.25) is 11.8 Å². The number of carbonyl (C=O) groups excluding carboxylic acids is 2. The summed E-state index contributed by atoms with van der Waals surface area (Å²) >= 11 is 0. The molecule has 1 aliphatic heterocycles. The van der Waals surface area contributed by atoms with E-state index in [2.05, 4.69) is 10.6 Å². The minimum atomic E-state index is -0.543. The van der Waals surface area contributed by atoms with Crippen molar-refractivity contribution in [2.75, 3.05) is 5.32 Å². The number of hydrogen-bond donors (Lipinski definition) is 2. The molecule has 1 heterocycles. The van der Waals surface area contributed by atoms with Crippen LogP contribution in [-0.4, -0.2) is 22.8 Å². The van der Waals surface area contributed by atoms with E-state index in [1.165, 1.54) is 6.07 Å². The monoisotopic (exact) mass is 263 g/mol. The average Bonchev–Trinajstić information content (AvgIpc) is 2.34. The third-order valence-corrected chi connectivity index (χ3v) is 3.07. The first-order valence-electron chi connectivity index (χ1n) is 5.83. The number of carbonyl (C=O) groups is 2. The number of nitrogens with one attached hydrogen (secondary N) is 2. The predicted octanol–water partition coefficient (Wildman–Crippen LogP) is 1.12. The Hall–Kier alpha value is -2.44. The highest BCUT2D eigenvalue weighted by Crippen LogP contribution is 2.26. The van der Waals surface area contributed by atoms with E-state index in [9.17, 15) is 19.7 Å². The topological polar surface area (TPSA) is 101 Å². The second-order valence-corrected chi connectivity index (χ2v) is 4.35. The lowest BCUT2D eigenvalue weighted by atomic mass is 10.0. The van der Waals surface area contributed by atoms with Gasteiger partial charge in [-0.2, -0.15) is 0 Å². The van der Waals surface area contributed by atoms with Crippen molar-refractivity contribution in [2.45, 2.75) is 25.8 Å². The lowest BCUT2D eigenvalue weighted by Gasteiger charge is -2.23. The average molecular weight is 263 g/mol. The number of nitro groups is 1. The van der Waals surface area contributed by atoms with Crippen LogP contribution in [0.1, 0.15) is 18.4 Å². The van der Waals surface area contributed by atoms with Gasteiger partial charge in [0, 0.05) is 23.7 Å². The smallest absolute Gasteiger partial charge is 0.274 e. The number of benzene rings is 1. The standard InChI is InChI=1S/C12H13N3O4/c1-7-8(3-2-4-10(7)15(18)19)13-9-5-6-11(16)14-12(9)17/h2-4,9,13H,5-6H2,1H3,(H,14,16,17). The van der Waals surface area contributed by atoms with Gasteiger partial charge in [-0.15, -0.1) is 0 Å². The van der Waals surface area contributed by atoms with Crippen molar-refractivity contribution < 1.29 is 14.5 Å². The Bertz CT molecular complexity index is 556. The maximum absolute atomic E-state index is 11.6. The molecule has 0 radical (unpaired) electrons. The fraction of sp³-hybridized carbons (Fsp3) is 0.333. The van der Waals surface area contributed by atoms with Crippen LogP contribution in [0, 0.1) is 17.0 Å². The van der Waals surface area contributed by atoms with Crippen LogP contribution in [0.3, 0.4) is 0 Å². The molecule has 1 fully saturated rings. The molecular formula is C12H13N3O4. The normalized spacial score (nSPS) is 18.9. The van der Waals surface area contributed by atoms with E-state index in [1.54, 1.807) is 19.1 Å². The Morgan fingerprint density at radius 1 is 1.42 bits per heavy atom. The molecule has 0 aromatic heterocycles. The zero-order valence-corrected chi connectivity index (χ0v) is 10.3. The molecule has 2 amide bonds. The summed E-state index contributed by atoms with van der Waals surface area (Å²) in [6, 6.07) is 4.09. The van der Waals surface area contributed by atoms with E-state index in [0.29, 0.717) is 17.7 Å². The summed E-state index contributed by atoms with van der Waals surface area (Å²) in [6.07, 6.45) is 0.643. The number of nitro benzene ring substituents is 1. The van der Waals surface area contributed by atoms with Crippen molar-refractivity contribution in [2.24, 2.45) is 0 Å². The first-order chi connectivity index (χ1) is 8.99. The van der Waals surface area contributed by atoms with Crippen molar-refractivity contribution in [1.82, 2.24) is 5.32 Å². The van der Waals surface area contributed by atoms with Crippen LogP contribution >= 0.6 is 0 Å². The van der Waals surface area contributed by atoms with Gasteiger partial charge in [-0.1, -0.05) is 6.07 Å². The molecule has 0 saturated carbocycles. The summed E-state index contributed by atoms with van der Waals surface area (Å²) in [5.41, 5.74) is 0.998. The van der Waals surface area contributed by atoms with Gasteiger partial charge < -0.3 is 5.32 Å². The summed E-state index contributed by atoms with van der Waals surface area (Å²) in [5.74, 6) is -0.694. The van der Waals surface area contributed by atoms with Crippen LogP contribution in [0.2, 0.25) is 0 Å². The molecular weight excluding hydrogens is 250 g/mol. The highest BCUT2D eigenvalue weighted by atomic mass is 16.6. The second kappa shape index (κ2) is 5.05. The highest BCUT2D eigenvalue weighted by molar-refractivity contribution is 6.01. The quantitative estimate of drug-likeness (QED) is 0.483. The summed E-state index contributed by atoms with van der Waals surface area (Å²) in [7, 11) is 0. The third kappa shape index (κ3) is 2.70. The van der Waals surface area contributed by atoms with Crippen molar-refractivity contribution in [3.05, 3.63) is 33.9 Å². The van der Waals surface area contributed by atoms with Gasteiger partial charge in [-0.3, -0.25) is 25.0 Å². The number of anilines is 1. The number of hydrogen-bond acceptors (Lipinski definition) is 5. The zero-order valence-electron chi connectivity index (χ0n) is 10.3. The number of nitrogens with zero attached hydrogens (tertiary/aromatic N) is 1. The summed E-state index contributed by atoms with van der Waals surface area (Å²) in [4.78, 5) is 33.0. The molecule has 1 saturated heterocycles. The predicted molar refractivity (Wildman–Crippen MR) is 67.6 cm³/mol. The first-order valence-corrected chi connectivity index (χ1v) is 5.83. The number of amides is 2. The number of imide groups is 1. The van der Waals surface area contributed by atoms with Crippen LogP contribution < -0.4 is 10.6 Å². The van der Waals surface area contributed by atoms with E-state index in [0.717, 1.165) is 0 Å². The molecule has 1 atom stereocenters. The fourth-order valence-corrected chi connectivity index (χ4v) is 2.00. The van der Waals surface area contributed by atoms with Crippen LogP contribution in [0.4, 0.5) is 11.4 Å². The van der Waals surface area contributed by atoms with Crippen molar-refractivity contribution in [1.29, 1.82) is 0 Å². The van der Waals surface area contributed by atoms with Gasteiger partial charge in [-0.25, -0.2) is 0 Å². The minimum Gasteiger partial charge on any atom is -0.373 e. The van der Waals surface area contributed by atoms with Crippen molar-refractivity contribution in [3.8, 4) is 0 Å². The van der Waals surface area contributed by atoms with E-state index in [-0.39, 0.29) is 18.0 Å². The van der Waals surface area contributed by atoms with E-state index in [1.807, 2.05) is 0 Å². The van der Waals surface area contributed by atoms with Crippen molar-refractivity contribution in [3.63, 3.8) is 0 Å². The molecule has 0 spiro atoms. The van der Waals surface area contributed by atoms with Gasteiger partial charge in [-0.05, 0) is 19.4 Å². The molecule has 1 aromatic carbocycles. The number of rotatable bonds is 3. The van der Waals surface area contributed by atoms with E-state index in [4.69, 9.17) is 0 Å². The lowest BCUT2D eigenvalue weighted by Crippen LogP contribution is -2.47. The number of piperidine rings is 1. The summed E-state index contributed by atoms with van der Waals surface area (Å²) < 4.78 is 0. The summed E-state index contributed by atoms with van der Waals surface area (Å²) in [5, 5.41) is 16.0. The summed E-state index contributed by atoms with van der Waals surface area (Å²) in [6.45, 7) is 1.62. The molecule has 7 nitrogen and oxygen atoms in total. The van der Waals surface area contributed by atoms with Crippen LogP contribution in [0.25, 0.3) is 0 Å². The van der Waals surface area contributed by atoms with E-state index >= 15 is 0 Å². The van der Waals surface area contributed by atoms with Crippen LogP contribution in [0.15, 0.2) is 18.2 Å². The Labute approximate surface area is 109 Å². The zero-order chi connectivity index (χ0) is 14.0. The third-order valence-electron chi connectivity index (χ3n) is 3.07. The first kappa shape index (κ1) is 13.0. The molecule has 0 aliphatic carbocycles. The van der Waals surface area contributed by atoms with Gasteiger partial charge in [0.25, 0.3) is 5.69 Å². The SMILES string of the molecule is Cc1c(NC2CCC(=O)NC2=O)cccc1[N+](=O)[O-]. The molecule has 1 aliphatic rings. The Kier molecular flexibility index (Phi) is 3.46. The molecule has 19 heavy (non-hydrogen) atoms. The maximum Gasteiger partial charge on any atom is 0.274 e. The molecule has 7 heteroatoms. The van der Waals surface area contributed by atoms with Crippen LogP contribution in [-0.2, 0) is 9.59 Å². The molecule has 100 valence electrons. The molecule has 0 bridgehead atoms. The molecule has 1 aromatic rings. The van der Waals surface area contributed by atoms with Crippen molar-refractivity contribution >= 4 is 23.2 Å². The molecule has 2 rings (SSSR count). The highest BCUT2D eigenvalue weighted by Gasteiger charge is 2.27. The Morgan fingerprint density at radius 2 is 2.16 bits per heavy atom.